The number of hydrogen-bond acceptors (Lipinski definition) is 7. The maximum Gasteiger partial charge on any atom is 0.184 e. The number of thioether (sulfide) groups is 1. The van der Waals surface area contributed by atoms with Crippen molar-refractivity contribution in [3.8, 4) is 0 Å². The average molecular weight is 281 g/mol. The lowest BCUT2D eigenvalue weighted by Gasteiger charge is -2.13. The van der Waals surface area contributed by atoms with E-state index in [-0.39, 0.29) is 11.2 Å². The SMILES string of the molecule is C/C(CSC1=NC=NC2=NC=NC21)=N\NC(N)=S. The van der Waals surface area contributed by atoms with Crippen molar-refractivity contribution in [2.45, 2.75) is 13.0 Å². The zero-order chi connectivity index (χ0) is 13.0. The van der Waals surface area contributed by atoms with E-state index in [4.69, 9.17) is 5.73 Å². The minimum atomic E-state index is -0.156. The molecule has 0 aromatic heterocycles. The lowest BCUT2D eigenvalue weighted by atomic mass is 10.3. The summed E-state index contributed by atoms with van der Waals surface area (Å²) in [5, 5.41) is 5.03. The van der Waals surface area contributed by atoms with E-state index in [2.05, 4.69) is 42.7 Å². The molecule has 0 aliphatic carbocycles. The van der Waals surface area contributed by atoms with E-state index in [0.717, 1.165) is 10.8 Å². The van der Waals surface area contributed by atoms with Crippen LogP contribution in [0.5, 0.6) is 0 Å². The molecule has 94 valence electrons. The van der Waals surface area contributed by atoms with Crippen molar-refractivity contribution in [3.05, 3.63) is 0 Å². The number of thiocarbonyl (C=S) groups is 1. The van der Waals surface area contributed by atoms with E-state index in [0.29, 0.717) is 11.6 Å². The first-order valence-corrected chi connectivity index (χ1v) is 6.47. The van der Waals surface area contributed by atoms with Crippen LogP contribution in [0.2, 0.25) is 0 Å². The van der Waals surface area contributed by atoms with Gasteiger partial charge in [0.1, 0.15) is 17.7 Å². The molecular weight excluding hydrogens is 270 g/mol. The van der Waals surface area contributed by atoms with Crippen molar-refractivity contribution < 1.29 is 0 Å². The molecule has 0 aromatic rings. The van der Waals surface area contributed by atoms with Gasteiger partial charge in [-0.2, -0.15) is 5.10 Å². The van der Waals surface area contributed by atoms with Gasteiger partial charge >= 0.3 is 0 Å². The summed E-state index contributed by atoms with van der Waals surface area (Å²) >= 11 is 6.20. The largest absolute Gasteiger partial charge is 0.375 e. The number of fused-ring (bicyclic) bond motifs is 1. The molecule has 0 amide bonds. The normalized spacial score (nSPS) is 21.4. The Bertz CT molecular complexity index is 503. The molecule has 9 heteroatoms. The van der Waals surface area contributed by atoms with Crippen molar-refractivity contribution in [1.29, 1.82) is 0 Å². The molecular formula is C9H11N7S2. The molecule has 1 unspecified atom stereocenters. The van der Waals surface area contributed by atoms with Crippen molar-refractivity contribution in [3.63, 3.8) is 0 Å². The van der Waals surface area contributed by atoms with Crippen LogP contribution in [0.1, 0.15) is 6.92 Å². The third-order valence-corrected chi connectivity index (χ3v) is 3.32. The Morgan fingerprint density at radius 1 is 1.56 bits per heavy atom. The van der Waals surface area contributed by atoms with E-state index in [9.17, 15) is 0 Å². The Balaban J connectivity index is 1.91. The fourth-order valence-corrected chi connectivity index (χ4v) is 2.18. The zero-order valence-electron chi connectivity index (χ0n) is 9.57. The highest BCUT2D eigenvalue weighted by Crippen LogP contribution is 2.18. The lowest BCUT2D eigenvalue weighted by molar-refractivity contribution is 1.03. The number of rotatable bonds is 3. The number of hydrazone groups is 1. The van der Waals surface area contributed by atoms with Crippen LogP contribution in [0.3, 0.4) is 0 Å². The average Bonchev–Trinajstić information content (AvgIpc) is 2.82. The van der Waals surface area contributed by atoms with E-state index in [1.54, 1.807) is 11.8 Å². The Kier molecular flexibility index (Phi) is 4.15. The van der Waals surface area contributed by atoms with Gasteiger partial charge in [-0.25, -0.2) is 15.0 Å². The van der Waals surface area contributed by atoms with Crippen molar-refractivity contribution in [2.24, 2.45) is 30.8 Å². The predicted octanol–water partition coefficient (Wildman–Crippen LogP) is 0.178. The molecule has 2 rings (SSSR count). The zero-order valence-corrected chi connectivity index (χ0v) is 11.2. The Labute approximate surface area is 113 Å². The van der Waals surface area contributed by atoms with Crippen LogP contribution in [-0.2, 0) is 0 Å². The van der Waals surface area contributed by atoms with Gasteiger partial charge in [0.05, 0.1) is 0 Å². The second-order valence-electron chi connectivity index (χ2n) is 3.48. The standard InChI is InChI=1S/C9H11N7S2/c1-5(15-16-9(10)17)2-18-8-6-7(12-3-11-6)13-4-14-8/h3-4,6H,2H2,1H3,(H3,10,16,17)/b15-5+. The van der Waals surface area contributed by atoms with Gasteiger partial charge in [-0.3, -0.25) is 10.4 Å². The second kappa shape index (κ2) is 5.83. The lowest BCUT2D eigenvalue weighted by Crippen LogP contribution is -2.27. The van der Waals surface area contributed by atoms with Crippen molar-refractivity contribution >= 4 is 58.4 Å². The number of aliphatic imine (C=N–C) groups is 4. The predicted molar refractivity (Wildman–Crippen MR) is 81.1 cm³/mol. The topological polar surface area (TPSA) is 99.8 Å². The van der Waals surface area contributed by atoms with Crippen molar-refractivity contribution in [2.75, 3.05) is 5.75 Å². The van der Waals surface area contributed by atoms with Gasteiger partial charge in [0, 0.05) is 11.5 Å². The molecule has 18 heavy (non-hydrogen) atoms. The molecule has 2 aliphatic rings. The first kappa shape index (κ1) is 12.8. The van der Waals surface area contributed by atoms with Gasteiger partial charge in [-0.05, 0) is 19.1 Å². The quantitative estimate of drug-likeness (QED) is 0.438. The summed E-state index contributed by atoms with van der Waals surface area (Å²) in [5.74, 6) is 1.35. The minimum Gasteiger partial charge on any atom is -0.375 e. The molecule has 0 saturated heterocycles. The van der Waals surface area contributed by atoms with Crippen LogP contribution >= 0.6 is 24.0 Å². The van der Waals surface area contributed by atoms with Gasteiger partial charge in [0.15, 0.2) is 17.0 Å². The summed E-state index contributed by atoms with van der Waals surface area (Å²) in [4.78, 5) is 16.5. The molecule has 7 nitrogen and oxygen atoms in total. The highest BCUT2D eigenvalue weighted by Gasteiger charge is 2.26. The fourth-order valence-electron chi connectivity index (χ4n) is 1.27. The first-order valence-electron chi connectivity index (χ1n) is 5.08. The Morgan fingerprint density at radius 3 is 3.17 bits per heavy atom. The maximum absolute atomic E-state index is 5.28. The molecule has 1 atom stereocenters. The maximum atomic E-state index is 5.28. The van der Waals surface area contributed by atoms with Crippen LogP contribution in [0.25, 0.3) is 0 Å². The number of hydrogen-bond donors (Lipinski definition) is 2. The summed E-state index contributed by atoms with van der Waals surface area (Å²) < 4.78 is 0. The number of nitrogens with two attached hydrogens (primary N) is 1. The summed E-state index contributed by atoms with van der Waals surface area (Å²) in [6.45, 7) is 1.88. The molecule has 0 radical (unpaired) electrons. The van der Waals surface area contributed by atoms with E-state index in [1.807, 2.05) is 6.92 Å². The summed E-state index contributed by atoms with van der Waals surface area (Å²) in [7, 11) is 0. The van der Waals surface area contributed by atoms with E-state index < -0.39 is 0 Å². The first-order chi connectivity index (χ1) is 8.66. The molecule has 3 N–H and O–H groups in total. The second-order valence-corrected chi connectivity index (χ2v) is 4.91. The highest BCUT2D eigenvalue weighted by atomic mass is 32.2. The number of amidine groups is 1. The molecule has 0 spiro atoms. The smallest absolute Gasteiger partial charge is 0.184 e. The molecule has 0 saturated carbocycles. The molecule has 0 bridgehead atoms. The van der Waals surface area contributed by atoms with Gasteiger partial charge in [-0.1, -0.05) is 0 Å². The van der Waals surface area contributed by atoms with Crippen LogP contribution in [0.15, 0.2) is 25.1 Å². The molecule has 0 fully saturated rings. The Hall–Kier alpha value is -1.61. The van der Waals surface area contributed by atoms with E-state index >= 15 is 0 Å². The highest BCUT2D eigenvalue weighted by molar-refractivity contribution is 8.14. The third-order valence-electron chi connectivity index (χ3n) is 2.05. The Morgan fingerprint density at radius 2 is 2.39 bits per heavy atom. The number of nitrogens with zero attached hydrogens (tertiary/aromatic N) is 5. The van der Waals surface area contributed by atoms with Gasteiger partial charge in [0.2, 0.25) is 0 Å². The van der Waals surface area contributed by atoms with Gasteiger partial charge < -0.3 is 5.73 Å². The fraction of sp³-hybridized carbons (Fsp3) is 0.333. The van der Waals surface area contributed by atoms with Crippen LogP contribution in [0, 0.1) is 0 Å². The molecule has 2 aliphatic heterocycles. The van der Waals surface area contributed by atoms with Crippen LogP contribution in [-0.4, -0.2) is 46.2 Å². The van der Waals surface area contributed by atoms with Gasteiger partial charge in [0.25, 0.3) is 0 Å². The summed E-state index contributed by atoms with van der Waals surface area (Å²) in [6, 6.07) is -0.156. The van der Waals surface area contributed by atoms with Crippen LogP contribution < -0.4 is 11.2 Å². The monoisotopic (exact) mass is 281 g/mol. The molecule has 0 aromatic carbocycles. The third kappa shape index (κ3) is 3.20. The minimum absolute atomic E-state index is 0.149. The number of nitrogens with one attached hydrogen (secondary N) is 1. The summed E-state index contributed by atoms with van der Waals surface area (Å²) in [6.07, 6.45) is 3.00. The van der Waals surface area contributed by atoms with Gasteiger partial charge in [-0.15, -0.1) is 11.8 Å². The van der Waals surface area contributed by atoms with Crippen LogP contribution in [0.4, 0.5) is 0 Å². The van der Waals surface area contributed by atoms with Crippen molar-refractivity contribution in [1.82, 2.24) is 5.43 Å². The summed E-state index contributed by atoms with van der Waals surface area (Å²) in [5.41, 5.74) is 8.68. The molecule has 2 heterocycles. The van der Waals surface area contributed by atoms with E-state index in [1.165, 1.54) is 12.7 Å².